The first-order valence-electron chi connectivity index (χ1n) is 8.75. The molecular formula is C19H20N2O7S. The van der Waals surface area contributed by atoms with Gasteiger partial charge in [0.15, 0.2) is 11.5 Å². The number of ether oxygens (including phenoxy) is 3. The third-order valence-electron chi connectivity index (χ3n) is 4.62. The summed E-state index contributed by atoms with van der Waals surface area (Å²) in [7, 11) is 2.88. The maximum absolute atomic E-state index is 13.3. The number of carbonyl (C=O) groups excluding carboxylic acids is 2. The largest absolute Gasteiger partial charge is 0.493 e. The van der Waals surface area contributed by atoms with E-state index in [4.69, 9.17) is 14.2 Å². The van der Waals surface area contributed by atoms with Crippen molar-refractivity contribution in [3.05, 3.63) is 49.7 Å². The van der Waals surface area contributed by atoms with Crippen LogP contribution in [0, 0.1) is 10.1 Å². The van der Waals surface area contributed by atoms with E-state index in [1.54, 1.807) is 23.3 Å². The van der Waals surface area contributed by atoms with E-state index in [0.29, 0.717) is 19.6 Å². The van der Waals surface area contributed by atoms with Gasteiger partial charge in [0.05, 0.1) is 30.7 Å². The third-order valence-corrected chi connectivity index (χ3v) is 5.61. The van der Waals surface area contributed by atoms with Crippen molar-refractivity contribution in [1.29, 1.82) is 0 Å². The molecule has 0 saturated carbocycles. The monoisotopic (exact) mass is 420 g/mol. The molecule has 154 valence electrons. The topological polar surface area (TPSA) is 108 Å². The fraction of sp³-hybridized carbons (Fsp3) is 0.368. The van der Waals surface area contributed by atoms with Crippen LogP contribution in [-0.4, -0.2) is 48.6 Å². The molecule has 10 heteroatoms. The van der Waals surface area contributed by atoms with Crippen LogP contribution in [-0.2, 0) is 22.5 Å². The summed E-state index contributed by atoms with van der Waals surface area (Å²) in [4.78, 5) is 38.4. The Labute approximate surface area is 170 Å². The van der Waals surface area contributed by atoms with Crippen molar-refractivity contribution in [1.82, 2.24) is 4.90 Å². The standard InChI is InChI=1S/C19H20N2O7S/c1-11(22)28-17-8-15(21(24)25)14(7-16(17)27-3)19(23)20-9-12-4-5-29-18(12)6-13(20)10-26-2/h4-5,7-8,13H,6,9-10H2,1-3H3/t13-/m0/s1. The molecule has 1 aliphatic rings. The molecule has 9 nitrogen and oxygen atoms in total. The van der Waals surface area contributed by atoms with Crippen molar-refractivity contribution < 1.29 is 28.7 Å². The highest BCUT2D eigenvalue weighted by atomic mass is 32.1. The quantitative estimate of drug-likeness (QED) is 0.306. The number of amides is 1. The van der Waals surface area contributed by atoms with Gasteiger partial charge in [0, 0.05) is 37.9 Å². The summed E-state index contributed by atoms with van der Waals surface area (Å²) >= 11 is 1.62. The lowest BCUT2D eigenvalue weighted by atomic mass is 10.00. The molecular weight excluding hydrogens is 400 g/mol. The number of methoxy groups -OCH3 is 2. The molecule has 3 rings (SSSR count). The number of hydrogen-bond donors (Lipinski definition) is 0. The summed E-state index contributed by atoms with van der Waals surface area (Å²) in [6, 6.07) is 3.98. The van der Waals surface area contributed by atoms with E-state index in [2.05, 4.69) is 0 Å². The average Bonchev–Trinajstić information content (AvgIpc) is 3.13. The van der Waals surface area contributed by atoms with Gasteiger partial charge in [-0.25, -0.2) is 0 Å². The van der Waals surface area contributed by atoms with Crippen molar-refractivity contribution in [3.63, 3.8) is 0 Å². The minimum Gasteiger partial charge on any atom is -0.493 e. The average molecular weight is 420 g/mol. The Morgan fingerprint density at radius 1 is 1.31 bits per heavy atom. The van der Waals surface area contributed by atoms with Crippen LogP contribution in [0.4, 0.5) is 5.69 Å². The zero-order valence-corrected chi connectivity index (χ0v) is 17.0. The summed E-state index contributed by atoms with van der Waals surface area (Å²) in [5.41, 5.74) is 0.420. The Bertz CT molecular complexity index is 956. The van der Waals surface area contributed by atoms with Crippen LogP contribution in [0.5, 0.6) is 11.5 Å². The van der Waals surface area contributed by atoms with Gasteiger partial charge in [0.2, 0.25) is 0 Å². The molecule has 1 amide bonds. The van der Waals surface area contributed by atoms with E-state index in [9.17, 15) is 19.7 Å². The van der Waals surface area contributed by atoms with Gasteiger partial charge in [0.1, 0.15) is 5.56 Å². The molecule has 1 aromatic heterocycles. The maximum Gasteiger partial charge on any atom is 0.308 e. The van der Waals surface area contributed by atoms with Gasteiger partial charge in [0.25, 0.3) is 11.6 Å². The second-order valence-electron chi connectivity index (χ2n) is 6.49. The maximum atomic E-state index is 13.3. The highest BCUT2D eigenvalue weighted by Gasteiger charge is 2.35. The molecule has 1 atom stereocenters. The second kappa shape index (κ2) is 8.58. The molecule has 2 aromatic rings. The van der Waals surface area contributed by atoms with E-state index in [1.807, 2.05) is 11.4 Å². The van der Waals surface area contributed by atoms with Crippen molar-refractivity contribution in [2.75, 3.05) is 20.8 Å². The first kappa shape index (κ1) is 20.7. The van der Waals surface area contributed by atoms with E-state index < -0.39 is 22.5 Å². The van der Waals surface area contributed by atoms with Crippen molar-refractivity contribution >= 4 is 28.9 Å². The van der Waals surface area contributed by atoms with Gasteiger partial charge in [-0.1, -0.05) is 0 Å². The van der Waals surface area contributed by atoms with Gasteiger partial charge >= 0.3 is 5.97 Å². The number of rotatable bonds is 6. The normalized spacial score (nSPS) is 15.6. The number of nitro benzene ring substituents is 1. The lowest BCUT2D eigenvalue weighted by molar-refractivity contribution is -0.385. The van der Waals surface area contributed by atoms with Crippen LogP contribution in [0.1, 0.15) is 27.7 Å². The van der Waals surface area contributed by atoms with E-state index in [0.717, 1.165) is 11.6 Å². The first-order chi connectivity index (χ1) is 13.8. The Morgan fingerprint density at radius 3 is 2.69 bits per heavy atom. The fourth-order valence-electron chi connectivity index (χ4n) is 3.32. The summed E-state index contributed by atoms with van der Waals surface area (Å²) in [6.45, 7) is 1.81. The van der Waals surface area contributed by atoms with Crippen LogP contribution in [0.2, 0.25) is 0 Å². The summed E-state index contributed by atoms with van der Waals surface area (Å²) in [5, 5.41) is 13.6. The second-order valence-corrected chi connectivity index (χ2v) is 7.49. The predicted molar refractivity (Wildman–Crippen MR) is 105 cm³/mol. The smallest absolute Gasteiger partial charge is 0.308 e. The first-order valence-corrected chi connectivity index (χ1v) is 9.63. The van der Waals surface area contributed by atoms with E-state index in [1.165, 1.54) is 25.0 Å². The Balaban J connectivity index is 2.04. The molecule has 0 radical (unpaired) electrons. The lowest BCUT2D eigenvalue weighted by Crippen LogP contribution is -2.46. The molecule has 2 heterocycles. The number of fused-ring (bicyclic) bond motifs is 1. The fourth-order valence-corrected chi connectivity index (χ4v) is 4.29. The van der Waals surface area contributed by atoms with Crippen LogP contribution >= 0.6 is 11.3 Å². The number of nitrogens with zero attached hydrogens (tertiary/aromatic N) is 2. The van der Waals surface area contributed by atoms with Gasteiger partial charge in [-0.3, -0.25) is 19.7 Å². The van der Waals surface area contributed by atoms with Gasteiger partial charge < -0.3 is 19.1 Å². The van der Waals surface area contributed by atoms with E-state index in [-0.39, 0.29) is 23.1 Å². The van der Waals surface area contributed by atoms with Crippen molar-refractivity contribution in [2.45, 2.75) is 25.9 Å². The predicted octanol–water partition coefficient (Wildman–Crippen LogP) is 2.80. The number of esters is 1. The third kappa shape index (κ3) is 4.22. The molecule has 1 aromatic carbocycles. The minimum absolute atomic E-state index is 0.0608. The Morgan fingerprint density at radius 2 is 2.07 bits per heavy atom. The number of carbonyl (C=O) groups is 2. The van der Waals surface area contributed by atoms with Crippen LogP contribution in [0.3, 0.4) is 0 Å². The van der Waals surface area contributed by atoms with Crippen LogP contribution in [0.25, 0.3) is 0 Å². The van der Waals surface area contributed by atoms with Gasteiger partial charge in [-0.05, 0) is 17.0 Å². The highest BCUT2D eigenvalue weighted by Crippen LogP contribution is 2.37. The number of benzene rings is 1. The zero-order chi connectivity index (χ0) is 21.1. The summed E-state index contributed by atoms with van der Waals surface area (Å²) in [5.74, 6) is -1.22. The molecule has 1 aliphatic heterocycles. The Hall–Kier alpha value is -2.98. The van der Waals surface area contributed by atoms with Gasteiger partial charge in [-0.15, -0.1) is 11.3 Å². The number of nitro groups is 1. The van der Waals surface area contributed by atoms with Crippen LogP contribution < -0.4 is 9.47 Å². The Kier molecular flexibility index (Phi) is 6.14. The van der Waals surface area contributed by atoms with E-state index >= 15 is 0 Å². The number of thiophene rings is 1. The number of hydrogen-bond acceptors (Lipinski definition) is 8. The van der Waals surface area contributed by atoms with Gasteiger partial charge in [-0.2, -0.15) is 0 Å². The van der Waals surface area contributed by atoms with Crippen LogP contribution in [0.15, 0.2) is 23.6 Å². The molecule has 0 unspecified atom stereocenters. The molecule has 0 N–H and O–H groups in total. The molecule has 0 saturated heterocycles. The molecule has 0 fully saturated rings. The SMILES string of the molecule is COC[C@@H]1Cc2sccc2CN1C(=O)c1cc(OC)c(OC(C)=O)cc1[N+](=O)[O-]. The molecule has 0 bridgehead atoms. The zero-order valence-electron chi connectivity index (χ0n) is 16.2. The molecule has 0 aliphatic carbocycles. The van der Waals surface area contributed by atoms with Crippen molar-refractivity contribution in [3.8, 4) is 11.5 Å². The summed E-state index contributed by atoms with van der Waals surface area (Å²) < 4.78 is 15.4. The lowest BCUT2D eigenvalue weighted by Gasteiger charge is -2.35. The molecule has 29 heavy (non-hydrogen) atoms. The minimum atomic E-state index is -0.676. The highest BCUT2D eigenvalue weighted by molar-refractivity contribution is 7.10. The van der Waals surface area contributed by atoms with Crippen molar-refractivity contribution in [2.24, 2.45) is 0 Å². The summed E-state index contributed by atoms with van der Waals surface area (Å²) in [6.07, 6.45) is 0.614. The molecule has 0 spiro atoms.